The summed E-state index contributed by atoms with van der Waals surface area (Å²) in [5.74, 6) is 5.61. The summed E-state index contributed by atoms with van der Waals surface area (Å²) in [5, 5.41) is 13.7. The fourth-order valence-corrected chi connectivity index (χ4v) is 2.23. The molecular formula is C19H15N5O2. The van der Waals surface area contributed by atoms with Gasteiger partial charge in [-0.1, -0.05) is 30.0 Å². The molecule has 1 N–H and O–H groups in total. The van der Waals surface area contributed by atoms with Crippen molar-refractivity contribution in [2.45, 2.75) is 6.92 Å². The van der Waals surface area contributed by atoms with Crippen LogP contribution in [0.25, 0.3) is 5.69 Å². The Morgan fingerprint density at radius 2 is 1.92 bits per heavy atom. The SMILES string of the molecule is CC(=O)c1ccc(C#CCNC(=O)c2cccc(-n3cnnn3)c2)cc1. The number of nitrogens with zero attached hydrogens (tertiary/aromatic N) is 4. The fourth-order valence-electron chi connectivity index (χ4n) is 2.23. The van der Waals surface area contributed by atoms with Crippen LogP contribution in [0.2, 0.25) is 0 Å². The quantitative estimate of drug-likeness (QED) is 0.573. The van der Waals surface area contributed by atoms with Crippen molar-refractivity contribution in [3.63, 3.8) is 0 Å². The molecule has 7 nitrogen and oxygen atoms in total. The van der Waals surface area contributed by atoms with Gasteiger partial charge in [0.25, 0.3) is 5.91 Å². The predicted molar refractivity (Wildman–Crippen MR) is 94.8 cm³/mol. The van der Waals surface area contributed by atoms with E-state index in [1.807, 2.05) is 0 Å². The van der Waals surface area contributed by atoms with Gasteiger partial charge in [-0.25, -0.2) is 4.68 Å². The van der Waals surface area contributed by atoms with E-state index >= 15 is 0 Å². The molecule has 3 aromatic rings. The molecule has 0 saturated carbocycles. The molecule has 7 heteroatoms. The lowest BCUT2D eigenvalue weighted by Crippen LogP contribution is -2.23. The minimum Gasteiger partial charge on any atom is -0.341 e. The van der Waals surface area contributed by atoms with Crippen molar-refractivity contribution in [2.75, 3.05) is 6.54 Å². The van der Waals surface area contributed by atoms with E-state index in [0.29, 0.717) is 16.8 Å². The second-order valence-corrected chi connectivity index (χ2v) is 5.42. The summed E-state index contributed by atoms with van der Waals surface area (Å²) in [6.07, 6.45) is 1.46. The molecule has 3 rings (SSSR count). The zero-order valence-corrected chi connectivity index (χ0v) is 14.0. The van der Waals surface area contributed by atoms with Gasteiger partial charge >= 0.3 is 0 Å². The molecule has 0 aliphatic heterocycles. The minimum absolute atomic E-state index is 0.0145. The number of hydrogen-bond acceptors (Lipinski definition) is 5. The minimum atomic E-state index is -0.235. The van der Waals surface area contributed by atoms with Crippen LogP contribution in [0.1, 0.15) is 33.2 Å². The second-order valence-electron chi connectivity index (χ2n) is 5.42. The maximum Gasteiger partial charge on any atom is 0.252 e. The van der Waals surface area contributed by atoms with E-state index in [0.717, 1.165) is 5.56 Å². The maximum absolute atomic E-state index is 12.2. The number of nitrogens with one attached hydrogen (secondary N) is 1. The highest BCUT2D eigenvalue weighted by Gasteiger charge is 2.06. The van der Waals surface area contributed by atoms with Crippen LogP contribution in [0, 0.1) is 11.8 Å². The molecule has 0 atom stereocenters. The lowest BCUT2D eigenvalue weighted by molar-refractivity contribution is 0.0957. The van der Waals surface area contributed by atoms with E-state index in [1.54, 1.807) is 48.5 Å². The molecule has 0 saturated heterocycles. The molecule has 0 aliphatic rings. The third-order valence-corrected chi connectivity index (χ3v) is 3.58. The predicted octanol–water partition coefficient (Wildman–Crippen LogP) is 1.65. The van der Waals surface area contributed by atoms with Gasteiger partial charge in [0, 0.05) is 16.7 Å². The lowest BCUT2D eigenvalue weighted by atomic mass is 10.1. The molecule has 128 valence electrons. The van der Waals surface area contributed by atoms with Gasteiger partial charge in [0.2, 0.25) is 0 Å². The van der Waals surface area contributed by atoms with Gasteiger partial charge in [-0.3, -0.25) is 9.59 Å². The van der Waals surface area contributed by atoms with E-state index in [9.17, 15) is 9.59 Å². The molecule has 0 radical (unpaired) electrons. The summed E-state index contributed by atoms with van der Waals surface area (Å²) in [7, 11) is 0. The van der Waals surface area contributed by atoms with Crippen molar-refractivity contribution < 1.29 is 9.59 Å². The normalized spacial score (nSPS) is 9.88. The van der Waals surface area contributed by atoms with Crippen molar-refractivity contribution in [3.8, 4) is 17.5 Å². The lowest BCUT2D eigenvalue weighted by Gasteiger charge is -2.04. The van der Waals surface area contributed by atoms with Gasteiger partial charge in [0.15, 0.2) is 5.78 Å². The van der Waals surface area contributed by atoms with E-state index in [1.165, 1.54) is 17.9 Å². The number of hydrogen-bond donors (Lipinski definition) is 1. The molecule has 0 spiro atoms. The number of aromatic nitrogens is 4. The molecule has 0 fully saturated rings. The number of ketones is 1. The van der Waals surface area contributed by atoms with Crippen LogP contribution < -0.4 is 5.32 Å². The van der Waals surface area contributed by atoms with Crippen molar-refractivity contribution in [2.24, 2.45) is 0 Å². The average molecular weight is 345 g/mol. The van der Waals surface area contributed by atoms with Gasteiger partial charge in [0.05, 0.1) is 12.2 Å². The van der Waals surface area contributed by atoms with Crippen LogP contribution >= 0.6 is 0 Å². The summed E-state index contributed by atoms with van der Waals surface area (Å²) in [6.45, 7) is 1.73. The summed E-state index contributed by atoms with van der Waals surface area (Å²) in [5.41, 5.74) is 2.61. The average Bonchev–Trinajstić information content (AvgIpc) is 3.20. The maximum atomic E-state index is 12.2. The third-order valence-electron chi connectivity index (χ3n) is 3.58. The Bertz CT molecular complexity index is 983. The van der Waals surface area contributed by atoms with Crippen LogP contribution in [0.3, 0.4) is 0 Å². The molecular weight excluding hydrogens is 330 g/mol. The summed E-state index contributed by atoms with van der Waals surface area (Å²) >= 11 is 0. The van der Waals surface area contributed by atoms with E-state index in [-0.39, 0.29) is 18.2 Å². The number of Topliss-reactive ketones (excluding diaryl/α,β-unsaturated/α-hetero) is 1. The molecule has 1 amide bonds. The van der Waals surface area contributed by atoms with Crippen LogP contribution in [-0.4, -0.2) is 38.4 Å². The van der Waals surface area contributed by atoms with Gasteiger partial charge in [0.1, 0.15) is 6.33 Å². The Balaban J connectivity index is 1.60. The van der Waals surface area contributed by atoms with E-state index < -0.39 is 0 Å². The molecule has 26 heavy (non-hydrogen) atoms. The first kappa shape index (κ1) is 17.0. The van der Waals surface area contributed by atoms with E-state index in [4.69, 9.17) is 0 Å². The Hall–Kier alpha value is -3.79. The number of carbonyl (C=O) groups is 2. The van der Waals surface area contributed by atoms with Crippen molar-refractivity contribution in [1.82, 2.24) is 25.5 Å². The Morgan fingerprint density at radius 1 is 1.12 bits per heavy atom. The highest BCUT2D eigenvalue weighted by Crippen LogP contribution is 2.08. The van der Waals surface area contributed by atoms with Gasteiger partial charge in [-0.15, -0.1) is 5.10 Å². The summed E-state index contributed by atoms with van der Waals surface area (Å²) < 4.78 is 1.47. The van der Waals surface area contributed by atoms with Crippen molar-refractivity contribution in [3.05, 3.63) is 71.5 Å². The Morgan fingerprint density at radius 3 is 2.62 bits per heavy atom. The van der Waals surface area contributed by atoms with Crippen LogP contribution in [0.4, 0.5) is 0 Å². The number of carbonyl (C=O) groups excluding carboxylic acids is 2. The first-order chi connectivity index (χ1) is 12.6. The third kappa shape index (κ3) is 4.19. The molecule has 1 heterocycles. The molecule has 0 bridgehead atoms. The first-order valence-corrected chi connectivity index (χ1v) is 7.85. The van der Waals surface area contributed by atoms with Crippen LogP contribution in [0.15, 0.2) is 54.9 Å². The number of tetrazole rings is 1. The number of rotatable bonds is 4. The summed E-state index contributed by atoms with van der Waals surface area (Å²) in [4.78, 5) is 23.5. The fraction of sp³-hybridized carbons (Fsp3) is 0.105. The smallest absolute Gasteiger partial charge is 0.252 e. The largest absolute Gasteiger partial charge is 0.341 e. The molecule has 2 aromatic carbocycles. The second kappa shape index (κ2) is 7.85. The van der Waals surface area contributed by atoms with Crippen molar-refractivity contribution in [1.29, 1.82) is 0 Å². The Kier molecular flexibility index (Phi) is 5.15. The van der Waals surface area contributed by atoms with Gasteiger partial charge in [-0.05, 0) is 47.7 Å². The zero-order valence-electron chi connectivity index (χ0n) is 14.0. The Labute approximate surface area is 150 Å². The van der Waals surface area contributed by atoms with Gasteiger partial charge < -0.3 is 5.32 Å². The molecule has 0 unspecified atom stereocenters. The number of amides is 1. The van der Waals surface area contributed by atoms with E-state index in [2.05, 4.69) is 32.7 Å². The van der Waals surface area contributed by atoms with Crippen LogP contribution in [-0.2, 0) is 0 Å². The molecule has 0 aliphatic carbocycles. The highest BCUT2D eigenvalue weighted by atomic mass is 16.1. The van der Waals surface area contributed by atoms with Crippen molar-refractivity contribution >= 4 is 11.7 Å². The monoisotopic (exact) mass is 345 g/mol. The van der Waals surface area contributed by atoms with Gasteiger partial charge in [-0.2, -0.15) is 0 Å². The zero-order chi connectivity index (χ0) is 18.4. The van der Waals surface area contributed by atoms with Crippen LogP contribution in [0.5, 0.6) is 0 Å². The standard InChI is InChI=1S/C19H15N5O2/c1-14(25)16-9-7-15(8-10-16)4-3-11-20-19(26)17-5-2-6-18(12-17)24-13-21-22-23-24/h2,5-10,12-13H,11H2,1H3,(H,20,26). The molecule has 1 aromatic heterocycles. The first-order valence-electron chi connectivity index (χ1n) is 7.85. The highest BCUT2D eigenvalue weighted by molar-refractivity contribution is 5.95. The number of benzene rings is 2. The topological polar surface area (TPSA) is 89.8 Å². The summed E-state index contributed by atoms with van der Waals surface area (Å²) in [6, 6.07) is 14.0.